The number of benzene rings is 1. The van der Waals surface area contributed by atoms with Gasteiger partial charge in [-0.15, -0.1) is 10.2 Å². The minimum absolute atomic E-state index is 0.0607. The van der Waals surface area contributed by atoms with Gasteiger partial charge < -0.3 is 19.1 Å². The summed E-state index contributed by atoms with van der Waals surface area (Å²) in [5.74, 6) is 1.42. The van der Waals surface area contributed by atoms with E-state index in [-0.39, 0.29) is 23.7 Å². The molecule has 0 spiro atoms. The predicted octanol–water partition coefficient (Wildman–Crippen LogP) is 2.23. The molecule has 29 heavy (non-hydrogen) atoms. The number of hydrogen-bond acceptors (Lipinski definition) is 8. The molecule has 4 rings (SSSR count). The standard InChI is InChI=1S/C19H22N6O3S/c1-12-5-7-13(8-6-12)16-21-18(28-24-16)17-22-23-19(25(17)2)29-11-15(26)20-10-14-4-3-9-27-14/h5-8,14H,3-4,9-11H2,1-2H3,(H,20,26)/t14-/m1/s1. The van der Waals surface area contributed by atoms with E-state index in [1.54, 1.807) is 11.6 Å². The molecule has 1 N–H and O–H groups in total. The first kappa shape index (κ1) is 19.6. The highest BCUT2D eigenvalue weighted by Crippen LogP contribution is 2.24. The van der Waals surface area contributed by atoms with E-state index in [0.29, 0.717) is 23.4 Å². The quantitative estimate of drug-likeness (QED) is 0.587. The van der Waals surface area contributed by atoms with Crippen LogP contribution < -0.4 is 5.32 Å². The van der Waals surface area contributed by atoms with Gasteiger partial charge in [0.1, 0.15) is 0 Å². The Balaban J connectivity index is 1.37. The monoisotopic (exact) mass is 414 g/mol. The molecule has 1 amide bonds. The molecule has 9 nitrogen and oxygen atoms in total. The third-order valence-electron chi connectivity index (χ3n) is 4.65. The zero-order valence-electron chi connectivity index (χ0n) is 16.3. The molecular formula is C19H22N6O3S. The number of rotatable bonds is 7. The first-order valence-corrected chi connectivity index (χ1v) is 10.4. The van der Waals surface area contributed by atoms with Gasteiger partial charge in [0, 0.05) is 25.8 Å². The van der Waals surface area contributed by atoms with Crippen LogP contribution in [0.25, 0.3) is 23.1 Å². The van der Waals surface area contributed by atoms with Gasteiger partial charge in [-0.05, 0) is 19.8 Å². The lowest BCUT2D eigenvalue weighted by Crippen LogP contribution is -2.32. The highest BCUT2D eigenvalue weighted by molar-refractivity contribution is 7.99. The third-order valence-corrected chi connectivity index (χ3v) is 5.67. The number of nitrogens with zero attached hydrogens (tertiary/aromatic N) is 5. The van der Waals surface area contributed by atoms with Gasteiger partial charge in [-0.1, -0.05) is 46.7 Å². The van der Waals surface area contributed by atoms with Crippen LogP contribution in [0.5, 0.6) is 0 Å². The van der Waals surface area contributed by atoms with E-state index in [1.807, 2.05) is 31.2 Å². The van der Waals surface area contributed by atoms with E-state index in [4.69, 9.17) is 9.26 Å². The highest BCUT2D eigenvalue weighted by Gasteiger charge is 2.20. The van der Waals surface area contributed by atoms with Crippen molar-refractivity contribution in [3.05, 3.63) is 29.8 Å². The van der Waals surface area contributed by atoms with Gasteiger partial charge in [0.15, 0.2) is 5.16 Å². The summed E-state index contributed by atoms with van der Waals surface area (Å²) < 4.78 is 12.6. The second-order valence-corrected chi connectivity index (χ2v) is 7.82. The number of nitrogens with one attached hydrogen (secondary N) is 1. The number of carbonyl (C=O) groups excluding carboxylic acids is 1. The zero-order chi connectivity index (χ0) is 20.2. The Hall–Kier alpha value is -2.72. The van der Waals surface area contributed by atoms with Crippen molar-refractivity contribution in [1.29, 1.82) is 0 Å². The first-order valence-electron chi connectivity index (χ1n) is 9.42. The number of ether oxygens (including phenoxy) is 1. The molecule has 0 aliphatic carbocycles. The lowest BCUT2D eigenvalue weighted by Gasteiger charge is -2.10. The van der Waals surface area contributed by atoms with E-state index >= 15 is 0 Å². The van der Waals surface area contributed by atoms with Gasteiger partial charge in [-0.2, -0.15) is 4.98 Å². The normalized spacial score (nSPS) is 16.3. The molecule has 1 aromatic carbocycles. The Morgan fingerprint density at radius 2 is 2.14 bits per heavy atom. The number of aromatic nitrogens is 5. The molecule has 0 unspecified atom stereocenters. The van der Waals surface area contributed by atoms with Crippen LogP contribution in [0.1, 0.15) is 18.4 Å². The van der Waals surface area contributed by atoms with E-state index in [9.17, 15) is 4.79 Å². The minimum atomic E-state index is -0.0607. The van der Waals surface area contributed by atoms with Crippen molar-refractivity contribution >= 4 is 17.7 Å². The van der Waals surface area contributed by atoms with Crippen LogP contribution in [-0.4, -0.2) is 55.8 Å². The molecule has 152 valence electrons. The van der Waals surface area contributed by atoms with Crippen LogP contribution in [0.2, 0.25) is 0 Å². The summed E-state index contributed by atoms with van der Waals surface area (Å²) >= 11 is 1.30. The van der Waals surface area contributed by atoms with E-state index in [0.717, 1.165) is 30.6 Å². The first-order chi connectivity index (χ1) is 14.1. The van der Waals surface area contributed by atoms with Gasteiger partial charge in [0.25, 0.3) is 5.89 Å². The summed E-state index contributed by atoms with van der Waals surface area (Å²) in [4.78, 5) is 16.5. The third kappa shape index (κ3) is 4.65. The molecule has 1 fully saturated rings. The molecule has 3 aromatic rings. The smallest absolute Gasteiger partial charge is 0.296 e. The number of carbonyl (C=O) groups is 1. The highest BCUT2D eigenvalue weighted by atomic mass is 32.2. The fourth-order valence-electron chi connectivity index (χ4n) is 2.98. The van der Waals surface area contributed by atoms with Crippen LogP contribution in [0, 0.1) is 6.92 Å². The number of amides is 1. The van der Waals surface area contributed by atoms with Crippen molar-refractivity contribution in [2.45, 2.75) is 31.0 Å². The van der Waals surface area contributed by atoms with Crippen molar-refractivity contribution in [2.75, 3.05) is 18.9 Å². The Bertz CT molecular complexity index is 978. The van der Waals surface area contributed by atoms with Gasteiger partial charge >= 0.3 is 0 Å². The summed E-state index contributed by atoms with van der Waals surface area (Å²) in [5.41, 5.74) is 2.03. The van der Waals surface area contributed by atoms with E-state index < -0.39 is 0 Å². The molecule has 3 heterocycles. The molecule has 2 aromatic heterocycles. The summed E-state index contributed by atoms with van der Waals surface area (Å²) in [6.07, 6.45) is 2.18. The lowest BCUT2D eigenvalue weighted by atomic mass is 10.1. The molecule has 0 bridgehead atoms. The van der Waals surface area contributed by atoms with Crippen molar-refractivity contribution in [3.63, 3.8) is 0 Å². The minimum Gasteiger partial charge on any atom is -0.376 e. The molecule has 10 heteroatoms. The Morgan fingerprint density at radius 1 is 1.31 bits per heavy atom. The van der Waals surface area contributed by atoms with Crippen molar-refractivity contribution in [1.82, 2.24) is 30.2 Å². The van der Waals surface area contributed by atoms with E-state index in [2.05, 4.69) is 25.7 Å². The lowest BCUT2D eigenvalue weighted by molar-refractivity contribution is -0.119. The van der Waals surface area contributed by atoms with Crippen LogP contribution >= 0.6 is 11.8 Å². The van der Waals surface area contributed by atoms with Gasteiger partial charge in [-0.3, -0.25) is 4.79 Å². The van der Waals surface area contributed by atoms with Crippen molar-refractivity contribution in [2.24, 2.45) is 7.05 Å². The Labute approximate surface area is 172 Å². The van der Waals surface area contributed by atoms with Crippen LogP contribution in [0.15, 0.2) is 33.9 Å². The molecule has 1 aliphatic heterocycles. The maximum atomic E-state index is 12.1. The van der Waals surface area contributed by atoms with Gasteiger partial charge in [-0.25, -0.2) is 0 Å². The van der Waals surface area contributed by atoms with Crippen LogP contribution in [0.3, 0.4) is 0 Å². The summed E-state index contributed by atoms with van der Waals surface area (Å²) in [5, 5.41) is 15.8. The molecule has 0 radical (unpaired) electrons. The maximum absolute atomic E-state index is 12.1. The second kappa shape index (κ2) is 8.75. The summed E-state index contributed by atoms with van der Waals surface area (Å²) in [6.45, 7) is 3.35. The average Bonchev–Trinajstić information content (AvgIpc) is 3.47. The number of aryl methyl sites for hydroxylation is 1. The van der Waals surface area contributed by atoms with Gasteiger partial charge in [0.05, 0.1) is 11.9 Å². The second-order valence-electron chi connectivity index (χ2n) is 6.88. The predicted molar refractivity (Wildman–Crippen MR) is 107 cm³/mol. The number of hydrogen-bond donors (Lipinski definition) is 1. The fourth-order valence-corrected chi connectivity index (χ4v) is 3.72. The Kier molecular flexibility index (Phi) is 5.91. The molecular weight excluding hydrogens is 392 g/mol. The maximum Gasteiger partial charge on any atom is 0.296 e. The van der Waals surface area contributed by atoms with Gasteiger partial charge in [0.2, 0.25) is 17.6 Å². The summed E-state index contributed by atoms with van der Waals surface area (Å²) in [6, 6.07) is 7.87. The summed E-state index contributed by atoms with van der Waals surface area (Å²) in [7, 11) is 1.80. The molecule has 1 aliphatic rings. The molecule has 1 atom stereocenters. The zero-order valence-corrected chi connectivity index (χ0v) is 17.1. The fraction of sp³-hybridized carbons (Fsp3) is 0.421. The molecule has 0 saturated carbocycles. The SMILES string of the molecule is Cc1ccc(-c2noc(-c3nnc(SCC(=O)NC[C@H]4CCCO4)n3C)n2)cc1. The topological polar surface area (TPSA) is 108 Å². The van der Waals surface area contributed by atoms with Crippen molar-refractivity contribution < 1.29 is 14.1 Å². The van der Waals surface area contributed by atoms with Crippen LogP contribution in [0.4, 0.5) is 0 Å². The Morgan fingerprint density at radius 3 is 2.90 bits per heavy atom. The number of thioether (sulfide) groups is 1. The average molecular weight is 414 g/mol. The van der Waals surface area contributed by atoms with E-state index in [1.165, 1.54) is 11.8 Å². The van der Waals surface area contributed by atoms with Crippen molar-refractivity contribution in [3.8, 4) is 23.1 Å². The molecule has 1 saturated heterocycles. The largest absolute Gasteiger partial charge is 0.376 e. The van der Waals surface area contributed by atoms with Crippen LogP contribution in [-0.2, 0) is 16.6 Å².